The number of rotatable bonds is 10. The van der Waals surface area contributed by atoms with E-state index in [2.05, 4.69) is 4.52 Å². The largest absolute Gasteiger partial charge is 1.00 e. The minimum Gasteiger partial charge on any atom is -0.774 e. The van der Waals surface area contributed by atoms with Gasteiger partial charge in [0.25, 0.3) is 0 Å². The molecule has 0 spiro atoms. The number of aliphatic hydroxyl groups excluding tert-OH is 3. The summed E-state index contributed by atoms with van der Waals surface area (Å²) in [6.45, 7) is -0.227. The normalized spacial score (nSPS) is 18.5. The van der Waals surface area contributed by atoms with Gasteiger partial charge in [0.2, 0.25) is 14.0 Å². The molecule has 0 saturated heterocycles. The molecule has 0 saturated carbocycles. The number of aliphatic hydroxyl groups is 3. The van der Waals surface area contributed by atoms with Crippen LogP contribution >= 0.6 is 7.60 Å². The Hall–Kier alpha value is 0.320. The molecule has 13 heteroatoms. The minimum absolute atomic E-state index is 0. The number of hydrogen-bond acceptors (Lipinski definition) is 8. The molecule has 0 rings (SSSR count). The van der Waals surface area contributed by atoms with Gasteiger partial charge in [-0.2, -0.15) is 8.78 Å². The van der Waals surface area contributed by atoms with Crippen LogP contribution in [0.3, 0.4) is 0 Å². The van der Waals surface area contributed by atoms with E-state index in [9.17, 15) is 38.4 Å². The maximum absolute atomic E-state index is 13.4. The van der Waals surface area contributed by atoms with E-state index < -0.39 is 51.1 Å². The van der Waals surface area contributed by atoms with Crippen molar-refractivity contribution in [1.82, 2.24) is 5.06 Å². The van der Waals surface area contributed by atoms with Gasteiger partial charge in [-0.1, -0.05) is 0 Å². The molecule has 0 bridgehead atoms. The molecule has 9 nitrogen and oxygen atoms in total. The Kier molecular flexibility index (Phi) is 11.4. The number of alkyl halides is 2. The first kappa shape index (κ1) is 24.6. The number of halogens is 2. The molecule has 0 aliphatic carbocycles. The van der Waals surface area contributed by atoms with E-state index >= 15 is 0 Å². The molecule has 1 amide bonds. The van der Waals surface area contributed by atoms with Gasteiger partial charge >= 0.3 is 35.2 Å². The first-order chi connectivity index (χ1) is 9.48. The summed E-state index contributed by atoms with van der Waals surface area (Å²) in [5.74, 6) is 0. The Morgan fingerprint density at radius 3 is 2.27 bits per heavy atom. The molecule has 0 fully saturated rings. The van der Waals surface area contributed by atoms with Crippen LogP contribution in [-0.4, -0.2) is 69.1 Å². The summed E-state index contributed by atoms with van der Waals surface area (Å²) in [6.07, 6.45) is -8.37. The van der Waals surface area contributed by atoms with Gasteiger partial charge in [0.05, 0.1) is 19.3 Å². The number of hydrogen-bond donors (Lipinski definition) is 4. The average Bonchev–Trinajstić information content (AvgIpc) is 2.36. The standard InChI is InChI=1S/C9H18F2NO8P.Na/c1-2-20-21(18,19)9(10,11)3-6(14)8(16)7(15)4-12(17)5-13;/h5-8,14-17H,2-4H2,1H3,(H,18,19);/q;+1/p-1/t6-,7+,8-;/m1./s1. The fourth-order valence-corrected chi connectivity index (χ4v) is 2.29. The van der Waals surface area contributed by atoms with Crippen LogP contribution in [0, 0.1) is 0 Å². The van der Waals surface area contributed by atoms with Crippen molar-refractivity contribution in [3.05, 3.63) is 0 Å². The molecule has 22 heavy (non-hydrogen) atoms. The van der Waals surface area contributed by atoms with Crippen molar-refractivity contribution in [2.75, 3.05) is 13.2 Å². The molecule has 0 radical (unpaired) electrons. The Bertz CT molecular complexity index is 391. The minimum atomic E-state index is -5.60. The van der Waals surface area contributed by atoms with E-state index in [4.69, 9.17) is 5.21 Å². The van der Waals surface area contributed by atoms with Crippen LogP contribution < -0.4 is 34.5 Å². The quantitative estimate of drug-likeness (QED) is 0.100. The number of nitrogens with zero attached hydrogens (tertiary/aromatic N) is 1. The van der Waals surface area contributed by atoms with E-state index in [1.807, 2.05) is 0 Å². The van der Waals surface area contributed by atoms with Crippen LogP contribution in [-0.2, 0) is 13.9 Å². The number of amides is 1. The zero-order valence-corrected chi connectivity index (χ0v) is 14.9. The van der Waals surface area contributed by atoms with Crippen molar-refractivity contribution in [2.45, 2.75) is 37.3 Å². The molecular formula is C9H17F2NNaO8P. The third-order valence-electron chi connectivity index (χ3n) is 2.44. The molecule has 0 heterocycles. The first-order valence-corrected chi connectivity index (χ1v) is 7.31. The van der Waals surface area contributed by atoms with Crippen molar-refractivity contribution in [3.63, 3.8) is 0 Å². The maximum atomic E-state index is 13.4. The third-order valence-corrected chi connectivity index (χ3v) is 4.02. The van der Waals surface area contributed by atoms with Gasteiger partial charge in [-0.15, -0.1) is 0 Å². The average molecular weight is 359 g/mol. The van der Waals surface area contributed by atoms with Crippen LogP contribution in [0.15, 0.2) is 0 Å². The molecule has 0 aromatic rings. The summed E-state index contributed by atoms with van der Waals surface area (Å²) in [5, 5.41) is 36.7. The van der Waals surface area contributed by atoms with Gasteiger partial charge < -0.3 is 29.3 Å². The molecule has 126 valence electrons. The summed E-state index contributed by atoms with van der Waals surface area (Å²) in [5.41, 5.74) is -4.47. The Labute approximate surface area is 147 Å². The van der Waals surface area contributed by atoms with E-state index in [-0.39, 0.29) is 41.0 Å². The van der Waals surface area contributed by atoms with Gasteiger partial charge in [0.15, 0.2) is 0 Å². The van der Waals surface area contributed by atoms with E-state index in [0.717, 1.165) is 0 Å². The second-order valence-electron chi connectivity index (χ2n) is 4.14. The topological polar surface area (TPSA) is 151 Å². The zero-order chi connectivity index (χ0) is 16.8. The van der Waals surface area contributed by atoms with Crippen molar-refractivity contribution in [3.8, 4) is 0 Å². The number of carbonyl (C=O) groups is 1. The van der Waals surface area contributed by atoms with Crippen LogP contribution in [0.25, 0.3) is 0 Å². The zero-order valence-electron chi connectivity index (χ0n) is 12.0. The summed E-state index contributed by atoms with van der Waals surface area (Å²) < 4.78 is 41.9. The summed E-state index contributed by atoms with van der Waals surface area (Å²) in [4.78, 5) is 21.2. The molecule has 0 aromatic heterocycles. The van der Waals surface area contributed by atoms with Gasteiger partial charge in [0, 0.05) is 6.42 Å². The molecule has 0 aliphatic heterocycles. The fourth-order valence-electron chi connectivity index (χ4n) is 1.35. The molecule has 0 aromatic carbocycles. The maximum Gasteiger partial charge on any atom is 1.00 e. The van der Waals surface area contributed by atoms with E-state index in [1.54, 1.807) is 0 Å². The van der Waals surface area contributed by atoms with E-state index in [0.29, 0.717) is 0 Å². The molecule has 4 atom stereocenters. The van der Waals surface area contributed by atoms with Crippen molar-refractivity contribution >= 4 is 14.0 Å². The summed E-state index contributed by atoms with van der Waals surface area (Å²) in [6, 6.07) is 0. The summed E-state index contributed by atoms with van der Waals surface area (Å²) in [7, 11) is -5.60. The molecular weight excluding hydrogens is 342 g/mol. The van der Waals surface area contributed by atoms with Crippen molar-refractivity contribution in [2.24, 2.45) is 0 Å². The summed E-state index contributed by atoms with van der Waals surface area (Å²) >= 11 is 0. The SMILES string of the molecule is CCOP(=O)([O-])C(F)(F)C[C@@H](O)[C@@H](O)[C@@H](O)CN(O)C=O.[Na+]. The van der Waals surface area contributed by atoms with Gasteiger partial charge in [0.1, 0.15) is 12.2 Å². The van der Waals surface area contributed by atoms with Crippen LogP contribution in [0.5, 0.6) is 0 Å². The van der Waals surface area contributed by atoms with Crippen LogP contribution in [0.1, 0.15) is 13.3 Å². The molecule has 4 N–H and O–H groups in total. The monoisotopic (exact) mass is 359 g/mol. The van der Waals surface area contributed by atoms with Gasteiger partial charge in [-0.25, -0.2) is 5.06 Å². The molecule has 1 unspecified atom stereocenters. The smallest absolute Gasteiger partial charge is 0.774 e. The Morgan fingerprint density at radius 1 is 1.36 bits per heavy atom. The van der Waals surface area contributed by atoms with E-state index in [1.165, 1.54) is 6.92 Å². The van der Waals surface area contributed by atoms with Crippen LogP contribution in [0.2, 0.25) is 0 Å². The van der Waals surface area contributed by atoms with Crippen molar-refractivity contribution < 1.29 is 77.6 Å². The Morgan fingerprint density at radius 2 is 1.86 bits per heavy atom. The Balaban J connectivity index is 0. The number of carbonyl (C=O) groups excluding carboxylic acids is 1. The predicted octanol–water partition coefficient (Wildman–Crippen LogP) is -4.51. The second-order valence-corrected chi connectivity index (χ2v) is 6.05. The van der Waals surface area contributed by atoms with Crippen molar-refractivity contribution in [1.29, 1.82) is 0 Å². The fraction of sp³-hybridized carbons (Fsp3) is 0.889. The van der Waals surface area contributed by atoms with Gasteiger partial charge in [-0.3, -0.25) is 10.0 Å². The van der Waals surface area contributed by atoms with Gasteiger partial charge in [-0.05, 0) is 6.92 Å². The van der Waals surface area contributed by atoms with Crippen LogP contribution in [0.4, 0.5) is 8.78 Å². The number of hydroxylamine groups is 2. The first-order valence-electron chi connectivity index (χ1n) is 5.77. The third kappa shape index (κ3) is 7.26. The molecule has 0 aliphatic rings. The second kappa shape index (κ2) is 10.2. The predicted molar refractivity (Wildman–Crippen MR) is 61.4 cm³/mol.